The molecule has 1 rings (SSSR count). The second kappa shape index (κ2) is 10.4. The lowest BCUT2D eigenvalue weighted by Crippen LogP contribution is -2.50. The number of aliphatic carboxylic acids is 1. The molecule has 27 heavy (non-hydrogen) atoms. The minimum atomic E-state index is -1.85. The van der Waals surface area contributed by atoms with Gasteiger partial charge in [0.1, 0.15) is 5.60 Å². The van der Waals surface area contributed by atoms with Crippen LogP contribution in [0.4, 0.5) is 0 Å². The Labute approximate surface area is 162 Å². The van der Waals surface area contributed by atoms with E-state index >= 15 is 0 Å². The van der Waals surface area contributed by atoms with Crippen molar-refractivity contribution >= 4 is 11.9 Å². The summed E-state index contributed by atoms with van der Waals surface area (Å²) in [6.07, 6.45) is 1.18. The molecule has 1 aromatic carbocycles. The number of carboxylic acid groups (broad SMARTS) is 1. The molecular formula is C21H35NO5. The number of carbonyl (C=O) groups is 2. The molecule has 2 atom stereocenters. The highest BCUT2D eigenvalue weighted by atomic mass is 16.6. The van der Waals surface area contributed by atoms with Crippen LogP contribution in [0.3, 0.4) is 0 Å². The van der Waals surface area contributed by atoms with Crippen LogP contribution >= 0.6 is 0 Å². The van der Waals surface area contributed by atoms with Crippen molar-refractivity contribution in [2.24, 2.45) is 11.7 Å². The summed E-state index contributed by atoms with van der Waals surface area (Å²) < 4.78 is 4.88. The Morgan fingerprint density at radius 1 is 1.11 bits per heavy atom. The predicted octanol–water partition coefficient (Wildman–Crippen LogP) is 3.46. The third-order valence-corrected chi connectivity index (χ3v) is 3.79. The first-order chi connectivity index (χ1) is 12.2. The summed E-state index contributed by atoms with van der Waals surface area (Å²) in [5.41, 5.74) is 4.92. The Bertz CT molecular complexity index is 600. The molecule has 6 heteroatoms. The molecule has 0 saturated heterocycles. The SMILES string of the molecule is CC(C)Cc1ccc(C(C)C(=O)O)cc1.CCC(N)(O)C(=O)OC(C)(C)C. The maximum Gasteiger partial charge on any atom is 0.353 e. The van der Waals surface area contributed by atoms with E-state index in [9.17, 15) is 14.7 Å². The topological polar surface area (TPSA) is 110 Å². The molecule has 0 fully saturated rings. The number of carbonyl (C=O) groups excluding carboxylic acids is 1. The standard InChI is InChI=1S/C13H18O2.C8H17NO3/c1-9(2)8-11-4-6-12(7-5-11)10(3)13(14)15;1-5-8(9,11)6(10)12-7(2,3)4/h4-7,9-10H,8H2,1-3H3,(H,14,15);11H,5,9H2,1-4H3. The Hall–Kier alpha value is -1.92. The van der Waals surface area contributed by atoms with Crippen LogP contribution in [0, 0.1) is 5.92 Å². The van der Waals surface area contributed by atoms with Gasteiger partial charge >= 0.3 is 11.9 Å². The van der Waals surface area contributed by atoms with Gasteiger partial charge in [0.2, 0.25) is 5.72 Å². The lowest BCUT2D eigenvalue weighted by atomic mass is 9.97. The van der Waals surface area contributed by atoms with Crippen LogP contribution in [0.15, 0.2) is 24.3 Å². The molecule has 0 radical (unpaired) electrons. The van der Waals surface area contributed by atoms with Crippen LogP contribution in [-0.4, -0.2) is 33.5 Å². The van der Waals surface area contributed by atoms with Gasteiger partial charge in [-0.15, -0.1) is 0 Å². The Kier molecular flexibility index (Phi) is 9.68. The summed E-state index contributed by atoms with van der Waals surface area (Å²) in [5, 5.41) is 18.1. The highest BCUT2D eigenvalue weighted by Crippen LogP contribution is 2.17. The molecule has 154 valence electrons. The molecule has 6 nitrogen and oxygen atoms in total. The molecule has 0 aliphatic rings. The Morgan fingerprint density at radius 3 is 1.93 bits per heavy atom. The zero-order valence-electron chi connectivity index (χ0n) is 17.6. The van der Waals surface area contributed by atoms with E-state index < -0.39 is 29.2 Å². The summed E-state index contributed by atoms with van der Waals surface area (Å²) in [7, 11) is 0. The number of ether oxygens (including phenoxy) is 1. The van der Waals surface area contributed by atoms with Gasteiger partial charge in [-0.2, -0.15) is 0 Å². The first-order valence-corrected chi connectivity index (χ1v) is 9.26. The number of benzene rings is 1. The molecule has 0 saturated carbocycles. The zero-order chi connectivity index (χ0) is 21.4. The molecule has 0 aliphatic heterocycles. The van der Waals surface area contributed by atoms with Gasteiger partial charge in [0.15, 0.2) is 0 Å². The number of carboxylic acids is 1. The van der Waals surface area contributed by atoms with Crippen molar-refractivity contribution in [1.29, 1.82) is 0 Å². The van der Waals surface area contributed by atoms with E-state index in [0.717, 1.165) is 12.0 Å². The predicted molar refractivity (Wildman–Crippen MR) is 106 cm³/mol. The fourth-order valence-electron chi connectivity index (χ4n) is 2.07. The van der Waals surface area contributed by atoms with Crippen molar-refractivity contribution in [1.82, 2.24) is 0 Å². The molecule has 0 spiro atoms. The van der Waals surface area contributed by atoms with Gasteiger partial charge < -0.3 is 14.9 Å². The van der Waals surface area contributed by atoms with Crippen molar-refractivity contribution < 1.29 is 24.5 Å². The van der Waals surface area contributed by atoms with E-state index in [1.54, 1.807) is 34.6 Å². The summed E-state index contributed by atoms with van der Waals surface area (Å²) in [5.74, 6) is -1.34. The third kappa shape index (κ3) is 10.1. The van der Waals surface area contributed by atoms with Crippen LogP contribution in [-0.2, 0) is 20.7 Å². The molecule has 1 aromatic rings. The van der Waals surface area contributed by atoms with Gasteiger partial charge in [-0.25, -0.2) is 4.79 Å². The van der Waals surface area contributed by atoms with E-state index in [-0.39, 0.29) is 6.42 Å². The van der Waals surface area contributed by atoms with E-state index in [4.69, 9.17) is 15.6 Å². The van der Waals surface area contributed by atoms with E-state index in [2.05, 4.69) is 13.8 Å². The number of rotatable bonds is 6. The summed E-state index contributed by atoms with van der Waals surface area (Å²) >= 11 is 0. The first kappa shape index (κ1) is 25.1. The van der Waals surface area contributed by atoms with Crippen LogP contribution < -0.4 is 5.73 Å². The van der Waals surface area contributed by atoms with Crippen molar-refractivity contribution in [2.75, 3.05) is 0 Å². The van der Waals surface area contributed by atoms with Gasteiger partial charge in [0.25, 0.3) is 0 Å². The van der Waals surface area contributed by atoms with Gasteiger partial charge in [0, 0.05) is 0 Å². The maximum atomic E-state index is 11.1. The average Bonchev–Trinajstić information content (AvgIpc) is 2.53. The van der Waals surface area contributed by atoms with Gasteiger partial charge in [0.05, 0.1) is 5.92 Å². The average molecular weight is 382 g/mol. The fourth-order valence-corrected chi connectivity index (χ4v) is 2.07. The summed E-state index contributed by atoms with van der Waals surface area (Å²) in [6.45, 7) is 12.8. The van der Waals surface area contributed by atoms with Crippen molar-refractivity contribution in [3.05, 3.63) is 35.4 Å². The molecule has 0 aliphatic carbocycles. The molecule has 0 bridgehead atoms. The van der Waals surface area contributed by atoms with E-state index in [1.807, 2.05) is 24.3 Å². The largest absolute Gasteiger partial charge is 0.481 e. The lowest BCUT2D eigenvalue weighted by molar-refractivity contribution is -0.177. The molecule has 0 amide bonds. The molecule has 2 unspecified atom stereocenters. The molecular weight excluding hydrogens is 346 g/mol. The van der Waals surface area contributed by atoms with Gasteiger partial charge in [-0.05, 0) is 57.6 Å². The minimum absolute atomic E-state index is 0.141. The van der Waals surface area contributed by atoms with E-state index in [0.29, 0.717) is 5.92 Å². The van der Waals surface area contributed by atoms with Crippen LogP contribution in [0.5, 0.6) is 0 Å². The normalized spacial score (nSPS) is 14.6. The van der Waals surface area contributed by atoms with E-state index in [1.165, 1.54) is 5.56 Å². The quantitative estimate of drug-likeness (QED) is 0.514. The van der Waals surface area contributed by atoms with Crippen LogP contribution in [0.1, 0.15) is 71.9 Å². The number of hydrogen-bond donors (Lipinski definition) is 3. The maximum absolute atomic E-state index is 11.1. The monoisotopic (exact) mass is 381 g/mol. The second-order valence-electron chi connectivity index (χ2n) is 8.18. The van der Waals surface area contributed by atoms with Crippen molar-refractivity contribution in [2.45, 2.75) is 78.6 Å². The van der Waals surface area contributed by atoms with Crippen molar-refractivity contribution in [3.8, 4) is 0 Å². The minimum Gasteiger partial charge on any atom is -0.481 e. The van der Waals surface area contributed by atoms with Crippen LogP contribution in [0.2, 0.25) is 0 Å². The number of aliphatic hydroxyl groups is 1. The fraction of sp³-hybridized carbons (Fsp3) is 0.619. The smallest absolute Gasteiger partial charge is 0.353 e. The van der Waals surface area contributed by atoms with Crippen molar-refractivity contribution in [3.63, 3.8) is 0 Å². The van der Waals surface area contributed by atoms with Crippen LogP contribution in [0.25, 0.3) is 0 Å². The first-order valence-electron chi connectivity index (χ1n) is 9.26. The highest BCUT2D eigenvalue weighted by Gasteiger charge is 2.33. The van der Waals surface area contributed by atoms with Gasteiger partial charge in [-0.1, -0.05) is 45.0 Å². The second-order valence-corrected chi connectivity index (χ2v) is 8.18. The molecule has 4 N–H and O–H groups in total. The highest BCUT2D eigenvalue weighted by molar-refractivity contribution is 5.78. The summed E-state index contributed by atoms with van der Waals surface area (Å²) in [6, 6.07) is 7.87. The Balaban J connectivity index is 0.000000516. The lowest BCUT2D eigenvalue weighted by Gasteiger charge is -2.26. The molecule has 0 heterocycles. The number of esters is 1. The van der Waals surface area contributed by atoms with Gasteiger partial charge in [-0.3, -0.25) is 10.5 Å². The zero-order valence-corrected chi connectivity index (χ0v) is 17.6. The number of nitrogens with two attached hydrogens (primary N) is 1. The number of hydrogen-bond acceptors (Lipinski definition) is 5. The summed E-state index contributed by atoms with van der Waals surface area (Å²) in [4.78, 5) is 21.9. The Morgan fingerprint density at radius 2 is 1.59 bits per heavy atom. The third-order valence-electron chi connectivity index (χ3n) is 3.79. The molecule has 0 aromatic heterocycles.